The molecule has 0 N–H and O–H groups in total. The number of ether oxygens (including phenoxy) is 1. The van der Waals surface area contributed by atoms with E-state index in [2.05, 4.69) is 20.4 Å². The molecule has 2 heteroatoms. The van der Waals surface area contributed by atoms with Crippen LogP contribution in [0.4, 0.5) is 0 Å². The third-order valence-electron chi connectivity index (χ3n) is 1.59. The van der Waals surface area contributed by atoms with Crippen molar-refractivity contribution in [2.45, 2.75) is 40.2 Å². The molecule has 0 unspecified atom stereocenters. The minimum atomic E-state index is -0.555. The fraction of sp³-hybridized carbons (Fsp3) is 0.583. The van der Waals surface area contributed by atoms with E-state index in [0.717, 1.165) is 0 Å². The van der Waals surface area contributed by atoms with Gasteiger partial charge in [0.15, 0.2) is 0 Å². The summed E-state index contributed by atoms with van der Waals surface area (Å²) in [5.74, 6) is 0.112. The van der Waals surface area contributed by atoms with E-state index in [9.17, 15) is 4.79 Å². The van der Waals surface area contributed by atoms with Crippen LogP contribution in [0.1, 0.15) is 34.6 Å². The zero-order valence-electron chi connectivity index (χ0n) is 9.76. The number of allylic oxidation sites excluding steroid dienone is 1. The Bertz CT molecular complexity index is 247. The minimum absolute atomic E-state index is 0.344. The van der Waals surface area contributed by atoms with Gasteiger partial charge in [0.2, 0.25) is 0 Å². The van der Waals surface area contributed by atoms with Gasteiger partial charge >= 0.3 is 5.97 Å². The van der Waals surface area contributed by atoms with Crippen molar-refractivity contribution < 1.29 is 9.53 Å². The molecule has 0 aromatic heterocycles. The van der Waals surface area contributed by atoms with E-state index < -0.39 is 5.60 Å². The van der Waals surface area contributed by atoms with Gasteiger partial charge in [-0.15, -0.1) is 0 Å². The van der Waals surface area contributed by atoms with Gasteiger partial charge in [0.05, 0.1) is 0 Å². The first-order valence-electron chi connectivity index (χ1n) is 4.83. The maximum Gasteiger partial charge on any atom is 0.333 e. The lowest BCUT2D eigenvalue weighted by atomic mass is 10.1. The van der Waals surface area contributed by atoms with Gasteiger partial charge in [-0.3, -0.25) is 0 Å². The van der Waals surface area contributed by atoms with Gasteiger partial charge in [0.1, 0.15) is 5.60 Å². The summed E-state index contributed by atoms with van der Waals surface area (Å²) in [6.45, 7) is 13.0. The molecule has 0 saturated carbocycles. The second-order valence-corrected chi connectivity index (χ2v) is 4.38. The maximum absolute atomic E-state index is 11.2. The van der Waals surface area contributed by atoms with Crippen molar-refractivity contribution in [3.63, 3.8) is 0 Å². The lowest BCUT2D eigenvalue weighted by Crippen LogP contribution is -2.25. The Kier molecular flexibility index (Phi) is 4.61. The van der Waals surface area contributed by atoms with Crippen LogP contribution in [0.2, 0.25) is 0 Å². The molecule has 2 nitrogen and oxygen atoms in total. The van der Waals surface area contributed by atoms with Gasteiger partial charge in [0, 0.05) is 5.57 Å². The molecule has 0 aliphatic carbocycles. The largest absolute Gasteiger partial charge is 0.452 e. The van der Waals surface area contributed by atoms with Crippen LogP contribution in [0.3, 0.4) is 0 Å². The molecule has 0 fully saturated rings. The molecule has 0 heterocycles. The Hall–Kier alpha value is -1.05. The van der Waals surface area contributed by atoms with Gasteiger partial charge in [-0.25, -0.2) is 4.79 Å². The summed E-state index contributed by atoms with van der Waals surface area (Å²) in [7, 11) is 0. The van der Waals surface area contributed by atoms with Crippen LogP contribution in [0, 0.1) is 5.92 Å². The number of hydrogen-bond acceptors (Lipinski definition) is 2. The van der Waals surface area contributed by atoms with Crippen LogP contribution in [0.15, 0.2) is 24.3 Å². The highest BCUT2D eigenvalue weighted by molar-refractivity contribution is 5.87. The normalized spacial score (nSPS) is 12.1. The lowest BCUT2D eigenvalue weighted by Gasteiger charge is -2.21. The van der Waals surface area contributed by atoms with Crippen molar-refractivity contribution >= 4 is 5.97 Å². The second kappa shape index (κ2) is 4.99. The van der Waals surface area contributed by atoms with E-state index in [0.29, 0.717) is 11.5 Å². The number of carbonyl (C=O) groups excluding carboxylic acids is 1. The molecule has 0 aliphatic rings. The number of esters is 1. The fourth-order valence-electron chi connectivity index (χ4n) is 0.784. The van der Waals surface area contributed by atoms with Crippen LogP contribution in [-0.2, 0) is 9.53 Å². The summed E-state index contributed by atoms with van der Waals surface area (Å²) < 4.78 is 5.22. The van der Waals surface area contributed by atoms with Gasteiger partial charge in [-0.2, -0.15) is 0 Å². The van der Waals surface area contributed by atoms with Crippen LogP contribution in [0.5, 0.6) is 0 Å². The molecule has 0 aromatic rings. The van der Waals surface area contributed by atoms with Crippen LogP contribution in [-0.4, -0.2) is 11.6 Å². The molecule has 0 spiro atoms. The van der Waals surface area contributed by atoms with Crippen molar-refractivity contribution in [1.82, 2.24) is 0 Å². The highest BCUT2D eigenvalue weighted by Crippen LogP contribution is 2.14. The van der Waals surface area contributed by atoms with E-state index in [4.69, 9.17) is 4.74 Å². The molecule has 0 rings (SSSR count). The number of carbonyl (C=O) groups is 1. The predicted molar refractivity (Wildman–Crippen MR) is 59.0 cm³/mol. The fourth-order valence-corrected chi connectivity index (χ4v) is 0.784. The predicted octanol–water partition coefficient (Wildman–Crippen LogP) is 3.10. The maximum atomic E-state index is 11.2. The molecule has 0 saturated heterocycles. The molecule has 14 heavy (non-hydrogen) atoms. The molecule has 0 bridgehead atoms. The Morgan fingerprint density at radius 2 is 1.93 bits per heavy atom. The minimum Gasteiger partial charge on any atom is -0.452 e. The van der Waals surface area contributed by atoms with E-state index in [1.807, 2.05) is 26.0 Å². The summed E-state index contributed by atoms with van der Waals surface area (Å²) in [5.41, 5.74) is -0.128. The quantitative estimate of drug-likeness (QED) is 0.392. The first kappa shape index (κ1) is 12.9. The van der Waals surface area contributed by atoms with Crippen molar-refractivity contribution in [1.29, 1.82) is 0 Å². The van der Waals surface area contributed by atoms with Crippen molar-refractivity contribution in [3.8, 4) is 0 Å². The molecule has 0 radical (unpaired) electrons. The van der Waals surface area contributed by atoms with Gasteiger partial charge in [0.25, 0.3) is 0 Å². The molecular formula is C12H20O2. The summed E-state index contributed by atoms with van der Waals surface area (Å²) >= 11 is 0. The average Bonchev–Trinajstić information content (AvgIpc) is 2.00. The average molecular weight is 196 g/mol. The SMILES string of the molecule is C=C(C)C(=O)OC(C)(C)C=CC(C)C. The van der Waals surface area contributed by atoms with E-state index in [1.165, 1.54) is 0 Å². The van der Waals surface area contributed by atoms with E-state index in [1.54, 1.807) is 6.92 Å². The smallest absolute Gasteiger partial charge is 0.333 e. The van der Waals surface area contributed by atoms with Crippen molar-refractivity contribution in [2.24, 2.45) is 5.92 Å². The third kappa shape index (κ3) is 5.57. The van der Waals surface area contributed by atoms with E-state index in [-0.39, 0.29) is 5.97 Å². The standard InChI is InChI=1S/C12H20O2/c1-9(2)7-8-12(5,6)14-11(13)10(3)4/h7-9H,3H2,1-2,4-6H3. The molecular weight excluding hydrogens is 176 g/mol. The topological polar surface area (TPSA) is 26.3 Å². The Morgan fingerprint density at radius 1 is 1.43 bits per heavy atom. The van der Waals surface area contributed by atoms with Crippen LogP contribution < -0.4 is 0 Å². The van der Waals surface area contributed by atoms with E-state index >= 15 is 0 Å². The summed E-state index contributed by atoms with van der Waals surface area (Å²) in [6, 6.07) is 0. The van der Waals surface area contributed by atoms with Gasteiger partial charge < -0.3 is 4.74 Å². The molecule has 0 amide bonds. The highest BCUT2D eigenvalue weighted by atomic mass is 16.6. The van der Waals surface area contributed by atoms with Gasteiger partial charge in [-0.05, 0) is 32.8 Å². The summed E-state index contributed by atoms with van der Waals surface area (Å²) in [5, 5.41) is 0. The zero-order chi connectivity index (χ0) is 11.4. The first-order valence-corrected chi connectivity index (χ1v) is 4.83. The van der Waals surface area contributed by atoms with Crippen molar-refractivity contribution in [3.05, 3.63) is 24.3 Å². The number of rotatable bonds is 4. The van der Waals surface area contributed by atoms with Crippen LogP contribution >= 0.6 is 0 Å². The third-order valence-corrected chi connectivity index (χ3v) is 1.59. The summed E-state index contributed by atoms with van der Waals surface area (Å²) in [6.07, 6.45) is 3.92. The van der Waals surface area contributed by atoms with Crippen molar-refractivity contribution in [2.75, 3.05) is 0 Å². The first-order chi connectivity index (χ1) is 6.24. The zero-order valence-corrected chi connectivity index (χ0v) is 9.76. The van der Waals surface area contributed by atoms with Crippen LogP contribution in [0.25, 0.3) is 0 Å². The molecule has 0 atom stereocenters. The monoisotopic (exact) mass is 196 g/mol. The number of hydrogen-bond donors (Lipinski definition) is 0. The van der Waals surface area contributed by atoms with Gasteiger partial charge in [-0.1, -0.05) is 26.5 Å². The second-order valence-electron chi connectivity index (χ2n) is 4.38. The Morgan fingerprint density at radius 3 is 2.29 bits per heavy atom. The Labute approximate surface area is 86.6 Å². The molecule has 80 valence electrons. The molecule has 0 aromatic carbocycles. The summed E-state index contributed by atoms with van der Waals surface area (Å²) in [4.78, 5) is 11.2. The molecule has 0 aliphatic heterocycles. The Balaban J connectivity index is 4.34. The highest BCUT2D eigenvalue weighted by Gasteiger charge is 2.19. The lowest BCUT2D eigenvalue weighted by molar-refractivity contribution is -0.147.